The number of anilines is 2. The summed E-state index contributed by atoms with van der Waals surface area (Å²) >= 11 is 0. The van der Waals surface area contributed by atoms with Crippen molar-refractivity contribution < 1.29 is 14.3 Å². The van der Waals surface area contributed by atoms with Gasteiger partial charge in [0.05, 0.1) is 14.2 Å². The number of aromatic nitrogens is 2. The molecule has 0 aliphatic rings. The first-order chi connectivity index (χ1) is 12.0. The first kappa shape index (κ1) is 18.5. The van der Waals surface area contributed by atoms with Crippen LogP contribution in [0.15, 0.2) is 24.3 Å². The van der Waals surface area contributed by atoms with E-state index in [1.807, 2.05) is 25.7 Å². The molecular formula is C18H24N4O3. The van der Waals surface area contributed by atoms with Gasteiger partial charge in [-0.2, -0.15) is 0 Å². The van der Waals surface area contributed by atoms with Crippen LogP contribution in [0.4, 0.5) is 11.6 Å². The normalized spacial score (nSPS) is 10.3. The van der Waals surface area contributed by atoms with E-state index in [0.717, 1.165) is 18.8 Å². The minimum atomic E-state index is -0.300. The molecule has 0 saturated heterocycles. The maximum absolute atomic E-state index is 12.6. The number of ether oxygens (including phenoxy) is 2. The van der Waals surface area contributed by atoms with Gasteiger partial charge in [-0.25, -0.2) is 9.97 Å². The molecule has 2 aromatic rings. The number of amides is 1. The van der Waals surface area contributed by atoms with E-state index in [1.165, 1.54) is 0 Å². The number of carbonyl (C=O) groups is 1. The van der Waals surface area contributed by atoms with E-state index in [1.54, 1.807) is 38.5 Å². The summed E-state index contributed by atoms with van der Waals surface area (Å²) in [5.41, 5.74) is 1.67. The molecule has 1 aromatic heterocycles. The summed E-state index contributed by atoms with van der Waals surface area (Å²) in [5, 5.41) is 2.83. The van der Waals surface area contributed by atoms with Crippen molar-refractivity contribution in [2.75, 3.05) is 37.5 Å². The summed E-state index contributed by atoms with van der Waals surface area (Å²) in [6, 6.07) is 6.86. The Labute approximate surface area is 148 Å². The second-order valence-electron chi connectivity index (χ2n) is 5.39. The Bertz CT molecular complexity index is 745. The van der Waals surface area contributed by atoms with E-state index in [4.69, 9.17) is 9.47 Å². The second-order valence-corrected chi connectivity index (χ2v) is 5.39. The van der Waals surface area contributed by atoms with Crippen LogP contribution in [0.1, 0.15) is 30.0 Å². The molecule has 0 bridgehead atoms. The zero-order valence-electron chi connectivity index (χ0n) is 15.3. The van der Waals surface area contributed by atoms with Crippen LogP contribution >= 0.6 is 0 Å². The lowest BCUT2D eigenvalue weighted by Crippen LogP contribution is -2.26. The topological polar surface area (TPSA) is 76.6 Å². The summed E-state index contributed by atoms with van der Waals surface area (Å²) in [6.07, 6.45) is 0. The van der Waals surface area contributed by atoms with E-state index in [9.17, 15) is 4.79 Å². The Morgan fingerprint density at radius 1 is 1.08 bits per heavy atom. The molecule has 0 radical (unpaired) electrons. The van der Waals surface area contributed by atoms with Crippen molar-refractivity contribution in [2.24, 2.45) is 0 Å². The van der Waals surface area contributed by atoms with Crippen LogP contribution in [0.5, 0.6) is 11.5 Å². The summed E-state index contributed by atoms with van der Waals surface area (Å²) in [7, 11) is 3.11. The predicted molar refractivity (Wildman–Crippen MR) is 97.8 cm³/mol. The fourth-order valence-corrected chi connectivity index (χ4v) is 2.43. The Balaban J connectivity index is 2.26. The molecule has 1 amide bonds. The SMILES string of the molecule is CCN(CC)c1nc(C)cc(C(=O)Nc2ccc(OC)c(OC)c2)n1. The first-order valence-corrected chi connectivity index (χ1v) is 8.16. The van der Waals surface area contributed by atoms with Crippen molar-refractivity contribution in [3.63, 3.8) is 0 Å². The largest absolute Gasteiger partial charge is 0.493 e. The van der Waals surface area contributed by atoms with Crippen molar-refractivity contribution in [1.82, 2.24) is 9.97 Å². The fraction of sp³-hybridized carbons (Fsp3) is 0.389. The third-order valence-corrected chi connectivity index (χ3v) is 3.76. The van der Waals surface area contributed by atoms with Crippen molar-refractivity contribution in [1.29, 1.82) is 0 Å². The molecule has 0 spiro atoms. The summed E-state index contributed by atoms with van der Waals surface area (Å²) in [5.74, 6) is 1.40. The minimum absolute atomic E-state index is 0.300. The van der Waals surface area contributed by atoms with Gasteiger partial charge in [-0.15, -0.1) is 0 Å². The lowest BCUT2D eigenvalue weighted by molar-refractivity contribution is 0.102. The van der Waals surface area contributed by atoms with Crippen molar-refractivity contribution in [3.05, 3.63) is 35.7 Å². The molecule has 0 saturated carbocycles. The zero-order chi connectivity index (χ0) is 18.4. The van der Waals surface area contributed by atoms with E-state index in [-0.39, 0.29) is 5.91 Å². The van der Waals surface area contributed by atoms with E-state index < -0.39 is 0 Å². The van der Waals surface area contributed by atoms with Gasteiger partial charge in [0.15, 0.2) is 11.5 Å². The smallest absolute Gasteiger partial charge is 0.274 e. The van der Waals surface area contributed by atoms with Crippen molar-refractivity contribution in [2.45, 2.75) is 20.8 Å². The highest BCUT2D eigenvalue weighted by Gasteiger charge is 2.14. The number of nitrogens with zero attached hydrogens (tertiary/aromatic N) is 3. The highest BCUT2D eigenvalue weighted by Crippen LogP contribution is 2.29. The van der Waals surface area contributed by atoms with Gasteiger partial charge in [-0.05, 0) is 39.0 Å². The minimum Gasteiger partial charge on any atom is -0.493 e. The summed E-state index contributed by atoms with van der Waals surface area (Å²) in [4.78, 5) is 23.4. The van der Waals surface area contributed by atoms with E-state index in [2.05, 4.69) is 15.3 Å². The van der Waals surface area contributed by atoms with E-state index >= 15 is 0 Å². The molecule has 0 atom stereocenters. The maximum atomic E-state index is 12.6. The van der Waals surface area contributed by atoms with Gasteiger partial charge in [0, 0.05) is 30.5 Å². The molecule has 0 aliphatic heterocycles. The molecule has 0 unspecified atom stereocenters. The molecule has 1 N–H and O–H groups in total. The molecule has 0 aliphatic carbocycles. The maximum Gasteiger partial charge on any atom is 0.274 e. The van der Waals surface area contributed by atoms with Gasteiger partial charge in [-0.1, -0.05) is 0 Å². The Kier molecular flexibility index (Phi) is 6.16. The number of nitrogens with one attached hydrogen (secondary N) is 1. The van der Waals surface area contributed by atoms with Gasteiger partial charge >= 0.3 is 0 Å². The average molecular weight is 344 g/mol. The highest BCUT2D eigenvalue weighted by molar-refractivity contribution is 6.03. The van der Waals surface area contributed by atoms with Crippen LogP contribution in [0, 0.1) is 6.92 Å². The van der Waals surface area contributed by atoms with Gasteiger partial charge < -0.3 is 19.7 Å². The molecule has 1 aromatic carbocycles. The Hall–Kier alpha value is -2.83. The van der Waals surface area contributed by atoms with Crippen LogP contribution in [0.2, 0.25) is 0 Å². The predicted octanol–water partition coefficient (Wildman–Crippen LogP) is 2.90. The lowest BCUT2D eigenvalue weighted by Gasteiger charge is -2.19. The van der Waals surface area contributed by atoms with Crippen molar-refractivity contribution in [3.8, 4) is 11.5 Å². The van der Waals surface area contributed by atoms with Gasteiger partial charge in [0.25, 0.3) is 5.91 Å². The Morgan fingerprint density at radius 3 is 2.36 bits per heavy atom. The van der Waals surface area contributed by atoms with Gasteiger partial charge in [0.2, 0.25) is 5.95 Å². The number of hydrogen-bond donors (Lipinski definition) is 1. The monoisotopic (exact) mass is 344 g/mol. The molecule has 25 heavy (non-hydrogen) atoms. The quantitative estimate of drug-likeness (QED) is 0.832. The molecule has 134 valence electrons. The second kappa shape index (κ2) is 8.32. The first-order valence-electron chi connectivity index (χ1n) is 8.16. The van der Waals surface area contributed by atoms with Crippen LogP contribution < -0.4 is 19.7 Å². The van der Waals surface area contributed by atoms with E-state index in [0.29, 0.717) is 28.8 Å². The number of rotatable bonds is 7. The van der Waals surface area contributed by atoms with Crippen LogP contribution in [0.3, 0.4) is 0 Å². The van der Waals surface area contributed by atoms with Crippen LogP contribution in [0.25, 0.3) is 0 Å². The summed E-state index contributed by atoms with van der Waals surface area (Å²) < 4.78 is 10.5. The van der Waals surface area contributed by atoms with Crippen molar-refractivity contribution >= 4 is 17.5 Å². The molecule has 7 nitrogen and oxygen atoms in total. The number of aryl methyl sites for hydroxylation is 1. The third-order valence-electron chi connectivity index (χ3n) is 3.76. The number of carbonyl (C=O) groups excluding carboxylic acids is 1. The fourth-order valence-electron chi connectivity index (χ4n) is 2.43. The van der Waals surface area contributed by atoms with Crippen LogP contribution in [-0.2, 0) is 0 Å². The zero-order valence-corrected chi connectivity index (χ0v) is 15.3. The Morgan fingerprint density at radius 2 is 1.76 bits per heavy atom. The molecular weight excluding hydrogens is 320 g/mol. The molecule has 2 rings (SSSR count). The van der Waals surface area contributed by atoms with Crippen LogP contribution in [-0.4, -0.2) is 43.2 Å². The van der Waals surface area contributed by atoms with Gasteiger partial charge in [-0.3, -0.25) is 4.79 Å². The lowest BCUT2D eigenvalue weighted by atomic mass is 10.2. The third kappa shape index (κ3) is 4.37. The highest BCUT2D eigenvalue weighted by atomic mass is 16.5. The standard InChI is InChI=1S/C18H24N4O3/c1-6-22(7-2)18-19-12(3)10-14(21-18)17(23)20-13-8-9-15(24-4)16(11-13)25-5/h8-11H,6-7H2,1-5H3,(H,20,23). The van der Waals surface area contributed by atoms with Gasteiger partial charge in [0.1, 0.15) is 5.69 Å². The molecule has 1 heterocycles. The number of methoxy groups -OCH3 is 2. The molecule has 7 heteroatoms. The number of benzene rings is 1. The number of hydrogen-bond acceptors (Lipinski definition) is 6. The molecule has 0 fully saturated rings. The average Bonchev–Trinajstić information content (AvgIpc) is 2.62. The summed E-state index contributed by atoms with van der Waals surface area (Å²) in [6.45, 7) is 7.45.